The summed E-state index contributed by atoms with van der Waals surface area (Å²) in [7, 11) is 0. The van der Waals surface area contributed by atoms with Crippen LogP contribution in [0.4, 0.5) is 0 Å². The van der Waals surface area contributed by atoms with Gasteiger partial charge in [-0.3, -0.25) is 0 Å². The predicted molar refractivity (Wildman–Crippen MR) is 47.8 cm³/mol. The third-order valence-corrected chi connectivity index (χ3v) is 1.56. The zero-order valence-electron chi connectivity index (χ0n) is 7.58. The van der Waals surface area contributed by atoms with Gasteiger partial charge in [0.1, 0.15) is 0 Å². The normalized spacial score (nSPS) is 9.00. The molecule has 0 aliphatic carbocycles. The number of quaternary nitrogens is 1. The Labute approximate surface area is 84.9 Å². The number of aliphatic carboxylic acids is 1. The minimum absolute atomic E-state index is 0. The first-order chi connectivity index (χ1) is 5.70. The monoisotopic (exact) mass is 205 g/mol. The quantitative estimate of drug-likeness (QED) is 0.440. The summed E-state index contributed by atoms with van der Waals surface area (Å²) in [5, 5.41) is 10.2. The largest absolute Gasteiger partial charge is 1.00 e. The Hall–Kier alpha value is -0.800. The first-order valence-electron chi connectivity index (χ1n) is 3.97. The summed E-state index contributed by atoms with van der Waals surface area (Å²) >= 11 is 0. The van der Waals surface area contributed by atoms with Gasteiger partial charge in [0, 0.05) is 12.8 Å². The van der Waals surface area contributed by atoms with Crippen molar-refractivity contribution >= 4 is 5.97 Å². The first-order valence-corrected chi connectivity index (χ1v) is 3.97. The van der Waals surface area contributed by atoms with E-state index < -0.39 is 5.97 Å². The second kappa shape index (κ2) is 9.29. The second-order valence-electron chi connectivity index (χ2n) is 2.64. The molecule has 0 aromatic heterocycles. The van der Waals surface area contributed by atoms with E-state index >= 15 is 0 Å². The molecule has 0 atom stereocenters. The molecular weight excluding hydrogens is 190 g/mol. The summed E-state index contributed by atoms with van der Waals surface area (Å²) in [5.74, 6) is -0.784. The number of carboxylic acids is 1. The number of halogens is 1. The molecule has 0 unspecified atom stereocenters. The van der Waals surface area contributed by atoms with Crippen molar-refractivity contribution in [2.75, 3.05) is 6.54 Å². The van der Waals surface area contributed by atoms with Crippen LogP contribution in [0.3, 0.4) is 0 Å². The van der Waals surface area contributed by atoms with Crippen molar-refractivity contribution in [1.82, 2.24) is 0 Å². The van der Waals surface area contributed by atoms with Crippen molar-refractivity contribution in [1.29, 1.82) is 0 Å². The Kier molecular flexibility index (Phi) is 10.5. The predicted octanol–water partition coefficient (Wildman–Crippen LogP) is -2.84. The van der Waals surface area contributed by atoms with Crippen LogP contribution in [0.15, 0.2) is 25.3 Å². The highest BCUT2D eigenvalue weighted by Gasteiger charge is 2.09. The third-order valence-electron chi connectivity index (χ3n) is 1.56. The van der Waals surface area contributed by atoms with Crippen LogP contribution in [0.25, 0.3) is 0 Å². The number of carbonyl (C=O) groups is 1. The fourth-order valence-corrected chi connectivity index (χ4v) is 0.984. The van der Waals surface area contributed by atoms with Gasteiger partial charge in [-0.25, -0.2) is 4.79 Å². The minimum Gasteiger partial charge on any atom is -1.00 e. The Morgan fingerprint density at radius 2 is 1.85 bits per heavy atom. The van der Waals surface area contributed by atoms with Crippen LogP contribution in [0.5, 0.6) is 0 Å². The molecule has 0 radical (unpaired) electrons. The Bertz CT molecular complexity index is 161. The van der Waals surface area contributed by atoms with Crippen molar-refractivity contribution in [3.05, 3.63) is 25.3 Å². The highest BCUT2D eigenvalue weighted by Crippen LogP contribution is 1.93. The number of hydrogen-bond acceptors (Lipinski definition) is 1. The summed E-state index contributed by atoms with van der Waals surface area (Å²) in [6, 6.07) is 0.274. The van der Waals surface area contributed by atoms with Crippen LogP contribution in [0.2, 0.25) is 0 Å². The molecule has 0 amide bonds. The molecule has 0 aromatic rings. The lowest BCUT2D eigenvalue weighted by atomic mass is 10.1. The van der Waals surface area contributed by atoms with Gasteiger partial charge in [0.25, 0.3) is 0 Å². The molecule has 0 aliphatic rings. The maximum absolute atomic E-state index is 10.2. The molecule has 0 fully saturated rings. The van der Waals surface area contributed by atoms with Crippen molar-refractivity contribution < 1.29 is 27.6 Å². The minimum atomic E-state index is -0.784. The third kappa shape index (κ3) is 9.11. The van der Waals surface area contributed by atoms with Crippen LogP contribution in [0.1, 0.15) is 12.8 Å². The Morgan fingerprint density at radius 1 is 1.38 bits per heavy atom. The molecule has 13 heavy (non-hydrogen) atoms. The molecule has 0 bridgehead atoms. The maximum Gasteiger partial charge on any atom is 0.359 e. The van der Waals surface area contributed by atoms with E-state index in [1.54, 1.807) is 17.5 Å². The molecule has 0 heterocycles. The lowest BCUT2D eigenvalue weighted by Gasteiger charge is -2.09. The van der Waals surface area contributed by atoms with E-state index in [4.69, 9.17) is 5.11 Å². The van der Waals surface area contributed by atoms with Crippen LogP contribution >= 0.6 is 0 Å². The molecule has 0 saturated heterocycles. The molecule has 0 aromatic carbocycles. The summed E-state index contributed by atoms with van der Waals surface area (Å²) < 4.78 is 0. The van der Waals surface area contributed by atoms with Gasteiger partial charge in [0.15, 0.2) is 6.54 Å². The van der Waals surface area contributed by atoms with E-state index in [9.17, 15) is 4.79 Å². The van der Waals surface area contributed by atoms with E-state index in [0.29, 0.717) is 0 Å². The summed E-state index contributed by atoms with van der Waals surface area (Å²) in [4.78, 5) is 10.2. The van der Waals surface area contributed by atoms with Crippen LogP contribution in [-0.4, -0.2) is 23.7 Å². The molecule has 0 aliphatic heterocycles. The van der Waals surface area contributed by atoms with Gasteiger partial charge in [-0.15, -0.1) is 13.2 Å². The fraction of sp³-hybridized carbons (Fsp3) is 0.444. The number of hydrogen-bond donors (Lipinski definition) is 2. The average molecular weight is 206 g/mol. The lowest BCUT2D eigenvalue weighted by Crippen LogP contribution is -3.00. The van der Waals surface area contributed by atoms with Gasteiger partial charge in [-0.1, -0.05) is 12.2 Å². The molecule has 0 rings (SSSR count). The molecule has 4 heteroatoms. The number of carboxylic acid groups (broad SMARTS) is 1. The van der Waals surface area contributed by atoms with Gasteiger partial charge >= 0.3 is 5.97 Å². The maximum atomic E-state index is 10.2. The van der Waals surface area contributed by atoms with E-state index in [2.05, 4.69) is 13.2 Å². The van der Waals surface area contributed by atoms with E-state index in [0.717, 1.165) is 12.8 Å². The molecule has 0 saturated carbocycles. The number of nitrogens with two attached hydrogens (primary N) is 1. The van der Waals surface area contributed by atoms with E-state index in [1.165, 1.54) is 0 Å². The molecule has 0 spiro atoms. The van der Waals surface area contributed by atoms with Crippen molar-refractivity contribution in [3.8, 4) is 0 Å². The van der Waals surface area contributed by atoms with Crippen molar-refractivity contribution in [2.45, 2.75) is 18.9 Å². The fourth-order valence-electron chi connectivity index (χ4n) is 0.984. The molecule has 76 valence electrons. The van der Waals surface area contributed by atoms with Gasteiger partial charge < -0.3 is 22.8 Å². The van der Waals surface area contributed by atoms with Crippen LogP contribution in [-0.2, 0) is 4.79 Å². The Morgan fingerprint density at radius 3 is 2.15 bits per heavy atom. The van der Waals surface area contributed by atoms with Gasteiger partial charge in [0.2, 0.25) is 0 Å². The number of rotatable bonds is 7. The zero-order valence-corrected chi connectivity index (χ0v) is 8.33. The van der Waals surface area contributed by atoms with Gasteiger partial charge in [0.05, 0.1) is 6.04 Å². The van der Waals surface area contributed by atoms with Crippen LogP contribution < -0.4 is 17.7 Å². The topological polar surface area (TPSA) is 53.9 Å². The van der Waals surface area contributed by atoms with Gasteiger partial charge in [-0.05, 0) is 0 Å². The van der Waals surface area contributed by atoms with E-state index in [-0.39, 0.29) is 25.0 Å². The summed E-state index contributed by atoms with van der Waals surface area (Å²) in [6.07, 6.45) is 5.23. The van der Waals surface area contributed by atoms with E-state index in [1.807, 2.05) is 0 Å². The Balaban J connectivity index is 0. The molecule has 3 N–H and O–H groups in total. The highest BCUT2D eigenvalue weighted by molar-refractivity contribution is 5.67. The lowest BCUT2D eigenvalue weighted by molar-refractivity contribution is -0.679. The smallest absolute Gasteiger partial charge is 0.359 e. The zero-order chi connectivity index (χ0) is 9.40. The SMILES string of the molecule is C=CCC(CC=C)[NH2+]CC(=O)O.[Cl-]. The highest BCUT2D eigenvalue weighted by atomic mass is 35.5. The first kappa shape index (κ1) is 14.7. The average Bonchev–Trinajstić information content (AvgIpc) is 2.01. The van der Waals surface area contributed by atoms with Crippen molar-refractivity contribution in [3.63, 3.8) is 0 Å². The summed E-state index contributed by atoms with van der Waals surface area (Å²) in [5.41, 5.74) is 0. The van der Waals surface area contributed by atoms with Crippen molar-refractivity contribution in [2.24, 2.45) is 0 Å². The second-order valence-corrected chi connectivity index (χ2v) is 2.64. The standard InChI is InChI=1S/C9H15NO2.ClH/c1-3-5-8(6-4-2)10-7-9(11)12;/h3-4,8,10H,1-2,5-7H2,(H,11,12);1H. The molecular formula is C9H16ClNO2. The molecule has 3 nitrogen and oxygen atoms in total. The van der Waals surface area contributed by atoms with Crippen LogP contribution in [0, 0.1) is 0 Å². The summed E-state index contributed by atoms with van der Waals surface area (Å²) in [6.45, 7) is 7.33. The van der Waals surface area contributed by atoms with Gasteiger partial charge in [-0.2, -0.15) is 0 Å².